The van der Waals surface area contributed by atoms with Crippen LogP contribution in [-0.4, -0.2) is 37.6 Å². The highest BCUT2D eigenvalue weighted by Gasteiger charge is 2.39. The minimum Gasteiger partial charge on any atom is -0.368 e. The van der Waals surface area contributed by atoms with E-state index in [1.54, 1.807) is 24.3 Å². The number of hydrogen-bond donors (Lipinski definition) is 2. The molecule has 0 saturated heterocycles. The van der Waals surface area contributed by atoms with Gasteiger partial charge in [0.15, 0.2) is 0 Å². The predicted octanol–water partition coefficient (Wildman–Crippen LogP) is 0.580. The number of carbonyl (C=O) groups excluding carboxylic acids is 2. The summed E-state index contributed by atoms with van der Waals surface area (Å²) in [7, 11) is 0. The maximum atomic E-state index is 12.5. The van der Waals surface area contributed by atoms with Gasteiger partial charge in [-0.15, -0.1) is 5.10 Å². The third kappa shape index (κ3) is 3.05. The molecule has 1 aliphatic rings. The molecule has 2 amide bonds. The first-order valence-corrected chi connectivity index (χ1v) is 7.57. The van der Waals surface area contributed by atoms with Gasteiger partial charge in [-0.1, -0.05) is 19.3 Å². The smallest absolute Gasteiger partial charge is 0.252 e. The van der Waals surface area contributed by atoms with Crippen molar-refractivity contribution >= 4 is 11.8 Å². The van der Waals surface area contributed by atoms with E-state index in [0.717, 1.165) is 24.9 Å². The first kappa shape index (κ1) is 15.1. The topological polar surface area (TPSA) is 116 Å². The number of tetrazole rings is 1. The maximum Gasteiger partial charge on any atom is 0.252 e. The summed E-state index contributed by atoms with van der Waals surface area (Å²) in [6, 6.07) is 6.82. The van der Waals surface area contributed by atoms with Crippen LogP contribution in [0.1, 0.15) is 42.5 Å². The largest absolute Gasteiger partial charge is 0.368 e. The van der Waals surface area contributed by atoms with Gasteiger partial charge in [0.05, 0.1) is 5.69 Å². The summed E-state index contributed by atoms with van der Waals surface area (Å²) in [5.74, 6) is -0.759. The number of hydrogen-bond acceptors (Lipinski definition) is 5. The highest BCUT2D eigenvalue weighted by atomic mass is 16.2. The fourth-order valence-corrected chi connectivity index (χ4v) is 2.92. The van der Waals surface area contributed by atoms with Gasteiger partial charge in [0, 0.05) is 5.56 Å². The standard InChI is InChI=1S/C15H18N6O2/c16-14(23)15(8-2-1-3-9-15)18-13(22)11-4-6-12(7-5-11)21-10-17-19-20-21/h4-7,10H,1-3,8-9H2,(H2,16,23)(H,18,22). The molecular weight excluding hydrogens is 296 g/mol. The van der Waals surface area contributed by atoms with Crippen molar-refractivity contribution in [2.24, 2.45) is 5.73 Å². The molecule has 0 radical (unpaired) electrons. The van der Waals surface area contributed by atoms with E-state index in [9.17, 15) is 9.59 Å². The zero-order valence-electron chi connectivity index (χ0n) is 12.6. The van der Waals surface area contributed by atoms with E-state index in [0.29, 0.717) is 18.4 Å². The molecule has 0 aliphatic heterocycles. The van der Waals surface area contributed by atoms with Gasteiger partial charge in [-0.2, -0.15) is 0 Å². The summed E-state index contributed by atoms with van der Waals surface area (Å²) in [5, 5.41) is 13.8. The Bertz CT molecular complexity index is 689. The zero-order valence-corrected chi connectivity index (χ0v) is 12.6. The van der Waals surface area contributed by atoms with E-state index >= 15 is 0 Å². The van der Waals surface area contributed by atoms with E-state index in [2.05, 4.69) is 20.8 Å². The van der Waals surface area contributed by atoms with Crippen molar-refractivity contribution < 1.29 is 9.59 Å². The Labute approximate surface area is 133 Å². The molecule has 0 bridgehead atoms. The molecule has 0 spiro atoms. The minimum atomic E-state index is -0.927. The van der Waals surface area contributed by atoms with Crippen LogP contribution in [-0.2, 0) is 4.79 Å². The molecule has 1 saturated carbocycles. The molecule has 3 rings (SSSR count). The molecule has 1 heterocycles. The molecule has 1 aromatic carbocycles. The highest BCUT2D eigenvalue weighted by molar-refractivity contribution is 5.99. The second-order valence-electron chi connectivity index (χ2n) is 5.76. The van der Waals surface area contributed by atoms with Crippen LogP contribution in [0.2, 0.25) is 0 Å². The first-order valence-electron chi connectivity index (χ1n) is 7.57. The van der Waals surface area contributed by atoms with Crippen molar-refractivity contribution in [1.29, 1.82) is 0 Å². The van der Waals surface area contributed by atoms with Crippen LogP contribution in [0.25, 0.3) is 5.69 Å². The third-order valence-corrected chi connectivity index (χ3v) is 4.27. The predicted molar refractivity (Wildman–Crippen MR) is 81.6 cm³/mol. The molecule has 120 valence electrons. The average molecular weight is 314 g/mol. The Hall–Kier alpha value is -2.77. The van der Waals surface area contributed by atoms with E-state index in [1.807, 2.05) is 0 Å². The molecule has 0 atom stereocenters. The fraction of sp³-hybridized carbons (Fsp3) is 0.400. The van der Waals surface area contributed by atoms with E-state index in [1.165, 1.54) is 11.0 Å². The fourth-order valence-electron chi connectivity index (χ4n) is 2.92. The van der Waals surface area contributed by atoms with Gasteiger partial charge in [-0.3, -0.25) is 9.59 Å². The monoisotopic (exact) mass is 314 g/mol. The Morgan fingerprint density at radius 3 is 2.39 bits per heavy atom. The summed E-state index contributed by atoms with van der Waals surface area (Å²) in [5.41, 5.74) is 5.82. The van der Waals surface area contributed by atoms with Crippen molar-refractivity contribution in [3.63, 3.8) is 0 Å². The molecular formula is C15H18N6O2. The number of amides is 2. The van der Waals surface area contributed by atoms with Crippen LogP contribution in [0, 0.1) is 0 Å². The van der Waals surface area contributed by atoms with Crippen LogP contribution in [0.4, 0.5) is 0 Å². The first-order chi connectivity index (χ1) is 11.1. The summed E-state index contributed by atoms with van der Waals surface area (Å²) in [6.07, 6.45) is 5.50. The molecule has 8 heteroatoms. The average Bonchev–Trinajstić information content (AvgIpc) is 3.10. The van der Waals surface area contributed by atoms with Gasteiger partial charge < -0.3 is 11.1 Å². The molecule has 1 aliphatic carbocycles. The lowest BCUT2D eigenvalue weighted by Gasteiger charge is -2.35. The molecule has 0 unspecified atom stereocenters. The number of benzene rings is 1. The van der Waals surface area contributed by atoms with Crippen LogP contribution >= 0.6 is 0 Å². The second-order valence-corrected chi connectivity index (χ2v) is 5.76. The number of nitrogens with two attached hydrogens (primary N) is 1. The lowest BCUT2D eigenvalue weighted by atomic mass is 9.81. The van der Waals surface area contributed by atoms with Crippen molar-refractivity contribution in [2.45, 2.75) is 37.6 Å². The number of nitrogens with zero attached hydrogens (tertiary/aromatic N) is 4. The van der Waals surface area contributed by atoms with Crippen LogP contribution in [0.3, 0.4) is 0 Å². The lowest BCUT2D eigenvalue weighted by Crippen LogP contribution is -2.58. The Kier molecular flexibility index (Phi) is 4.05. The number of carbonyl (C=O) groups is 2. The van der Waals surface area contributed by atoms with Gasteiger partial charge in [0.1, 0.15) is 11.9 Å². The number of rotatable bonds is 4. The molecule has 8 nitrogen and oxygen atoms in total. The summed E-state index contributed by atoms with van der Waals surface area (Å²) < 4.78 is 1.49. The molecule has 1 aromatic heterocycles. The van der Waals surface area contributed by atoms with Gasteiger partial charge in [0.2, 0.25) is 5.91 Å². The lowest BCUT2D eigenvalue weighted by molar-refractivity contribution is -0.125. The maximum absolute atomic E-state index is 12.5. The molecule has 3 N–H and O–H groups in total. The second kappa shape index (κ2) is 6.15. The normalized spacial score (nSPS) is 16.7. The Balaban J connectivity index is 1.76. The van der Waals surface area contributed by atoms with Crippen LogP contribution < -0.4 is 11.1 Å². The summed E-state index contributed by atoms with van der Waals surface area (Å²) in [4.78, 5) is 24.3. The Morgan fingerprint density at radius 2 is 1.83 bits per heavy atom. The van der Waals surface area contributed by atoms with Gasteiger partial charge in [-0.05, 0) is 47.5 Å². The number of primary amides is 1. The van der Waals surface area contributed by atoms with Crippen molar-refractivity contribution in [3.05, 3.63) is 36.2 Å². The van der Waals surface area contributed by atoms with E-state index < -0.39 is 11.4 Å². The third-order valence-electron chi connectivity index (χ3n) is 4.27. The molecule has 2 aromatic rings. The quantitative estimate of drug-likeness (QED) is 0.856. The van der Waals surface area contributed by atoms with Crippen LogP contribution in [0.5, 0.6) is 0 Å². The highest BCUT2D eigenvalue weighted by Crippen LogP contribution is 2.28. The van der Waals surface area contributed by atoms with Crippen LogP contribution in [0.15, 0.2) is 30.6 Å². The van der Waals surface area contributed by atoms with Gasteiger partial charge in [-0.25, -0.2) is 4.68 Å². The summed E-state index contributed by atoms with van der Waals surface area (Å²) >= 11 is 0. The molecule has 1 fully saturated rings. The summed E-state index contributed by atoms with van der Waals surface area (Å²) in [6.45, 7) is 0. The number of nitrogens with one attached hydrogen (secondary N) is 1. The SMILES string of the molecule is NC(=O)C1(NC(=O)c2ccc(-n3cnnn3)cc2)CCCCC1. The van der Waals surface area contributed by atoms with Gasteiger partial charge >= 0.3 is 0 Å². The van der Waals surface area contributed by atoms with Crippen molar-refractivity contribution in [2.75, 3.05) is 0 Å². The van der Waals surface area contributed by atoms with E-state index in [4.69, 9.17) is 5.73 Å². The van der Waals surface area contributed by atoms with Crippen molar-refractivity contribution in [1.82, 2.24) is 25.5 Å². The van der Waals surface area contributed by atoms with Crippen molar-refractivity contribution in [3.8, 4) is 5.69 Å². The number of aromatic nitrogens is 4. The molecule has 23 heavy (non-hydrogen) atoms. The van der Waals surface area contributed by atoms with E-state index in [-0.39, 0.29) is 5.91 Å². The zero-order chi connectivity index (χ0) is 16.3. The van der Waals surface area contributed by atoms with Gasteiger partial charge in [0.25, 0.3) is 5.91 Å². The Morgan fingerprint density at radius 1 is 1.13 bits per heavy atom. The minimum absolute atomic E-state index is 0.297.